The molecule has 6 fully saturated rings. The minimum atomic E-state index is -1.82. The molecule has 4 saturated carbocycles. The fourth-order valence-corrected chi connectivity index (χ4v) is 13.0. The number of aliphatic hydroxyl groups is 6. The van der Waals surface area contributed by atoms with Gasteiger partial charge in [0.05, 0.1) is 31.8 Å². The maximum atomic E-state index is 12.9. The van der Waals surface area contributed by atoms with Crippen LogP contribution in [0.3, 0.4) is 0 Å². The third-order valence-corrected chi connectivity index (χ3v) is 16.6. The standard InChI is InChI=1S/C41H62O14/c1-20-9-14-41(36(49)50)16-15-39(4)21(22(41)17-20)7-8-25-37(2)12-11-26(38(3,19-42)24(37)10-13-40(25,39)5)54-34-30(46)27(43)23(18-52-34)53-35-31(47)28(44)29(45)32(55-35)33(48)51-6/h7,22-32,34-35,42-47H,1,8-19H2,2-6H3,(H,49,50). The molecular weight excluding hydrogens is 716 g/mol. The summed E-state index contributed by atoms with van der Waals surface area (Å²) >= 11 is 0. The molecule has 14 heteroatoms. The molecular formula is C41H62O14. The van der Waals surface area contributed by atoms with Crippen molar-refractivity contribution in [1.82, 2.24) is 0 Å². The minimum Gasteiger partial charge on any atom is -0.481 e. The lowest BCUT2D eigenvalue weighted by Crippen LogP contribution is -2.66. The van der Waals surface area contributed by atoms with Crippen molar-refractivity contribution < 1.29 is 69.0 Å². The predicted molar refractivity (Wildman–Crippen MR) is 194 cm³/mol. The molecule has 0 aromatic heterocycles. The highest BCUT2D eigenvalue weighted by molar-refractivity contribution is 5.77. The van der Waals surface area contributed by atoms with Gasteiger partial charge in [-0.3, -0.25) is 4.79 Å². The van der Waals surface area contributed by atoms with Crippen LogP contribution in [-0.4, -0.2) is 129 Å². The molecule has 5 aliphatic carbocycles. The number of rotatable bonds is 7. The largest absolute Gasteiger partial charge is 0.481 e. The Morgan fingerprint density at radius 2 is 1.58 bits per heavy atom. The molecule has 7 aliphatic rings. The van der Waals surface area contributed by atoms with Crippen LogP contribution in [0.2, 0.25) is 0 Å². The van der Waals surface area contributed by atoms with Crippen LogP contribution in [0.5, 0.6) is 0 Å². The number of carboxylic acids is 1. The summed E-state index contributed by atoms with van der Waals surface area (Å²) < 4.78 is 28.1. The third-order valence-electron chi connectivity index (χ3n) is 16.6. The molecule has 0 aromatic rings. The van der Waals surface area contributed by atoms with Gasteiger partial charge in [-0.1, -0.05) is 51.5 Å². The van der Waals surface area contributed by atoms with E-state index in [1.54, 1.807) is 0 Å². The molecule has 0 aromatic carbocycles. The highest BCUT2D eigenvalue weighted by atomic mass is 16.7. The second kappa shape index (κ2) is 14.4. The van der Waals surface area contributed by atoms with Gasteiger partial charge in [-0.05, 0) is 92.3 Å². The number of aliphatic carboxylic acids is 1. The number of methoxy groups -OCH3 is 1. The van der Waals surface area contributed by atoms with Gasteiger partial charge >= 0.3 is 11.9 Å². The molecule has 7 rings (SSSR count). The number of hydrogen-bond donors (Lipinski definition) is 7. The number of esters is 1. The van der Waals surface area contributed by atoms with E-state index in [9.17, 15) is 45.3 Å². The minimum absolute atomic E-state index is 0.0426. The molecule has 0 amide bonds. The number of carboxylic acid groups (broad SMARTS) is 1. The van der Waals surface area contributed by atoms with Crippen LogP contribution in [0.15, 0.2) is 23.8 Å². The third kappa shape index (κ3) is 6.02. The number of allylic oxidation sites excluding steroid dienone is 3. The summed E-state index contributed by atoms with van der Waals surface area (Å²) in [5.41, 5.74) is 0.581. The smallest absolute Gasteiger partial charge is 0.337 e. The average Bonchev–Trinajstić information content (AvgIpc) is 3.15. The van der Waals surface area contributed by atoms with Crippen molar-refractivity contribution in [2.45, 2.75) is 153 Å². The highest BCUT2D eigenvalue weighted by Gasteiger charge is 2.69. The number of aliphatic hydroxyl groups excluding tert-OH is 6. The summed E-state index contributed by atoms with van der Waals surface area (Å²) in [6.07, 6.45) is -4.94. The molecule has 2 saturated heterocycles. The van der Waals surface area contributed by atoms with Crippen molar-refractivity contribution in [3.63, 3.8) is 0 Å². The van der Waals surface area contributed by atoms with Crippen LogP contribution in [0.1, 0.15) is 91.9 Å². The number of carbonyl (C=O) groups is 2. The van der Waals surface area contributed by atoms with E-state index < -0.39 is 84.2 Å². The second-order valence-electron chi connectivity index (χ2n) is 18.9. The maximum Gasteiger partial charge on any atom is 0.337 e. The molecule has 18 atom stereocenters. The molecule has 14 nitrogen and oxygen atoms in total. The quantitative estimate of drug-likeness (QED) is 0.112. The van der Waals surface area contributed by atoms with Gasteiger partial charge in [-0.25, -0.2) is 4.79 Å². The van der Waals surface area contributed by atoms with Gasteiger partial charge in [0.1, 0.15) is 36.6 Å². The first kappa shape index (κ1) is 41.2. The Balaban J connectivity index is 1.07. The van der Waals surface area contributed by atoms with Crippen LogP contribution >= 0.6 is 0 Å². The number of ether oxygens (including phenoxy) is 5. The van der Waals surface area contributed by atoms with Crippen molar-refractivity contribution in [1.29, 1.82) is 0 Å². The first-order chi connectivity index (χ1) is 25.8. The molecule has 2 heterocycles. The van der Waals surface area contributed by atoms with Crippen LogP contribution in [0.4, 0.5) is 0 Å². The van der Waals surface area contributed by atoms with E-state index in [0.29, 0.717) is 19.3 Å². The van der Waals surface area contributed by atoms with Gasteiger partial charge in [0.2, 0.25) is 0 Å². The Bertz CT molecular complexity index is 1550. The fraction of sp³-hybridized carbons (Fsp3) is 0.854. The first-order valence-corrected chi connectivity index (χ1v) is 20.1. The lowest BCUT2D eigenvalue weighted by Gasteiger charge is -2.71. The average molecular weight is 779 g/mol. The lowest BCUT2D eigenvalue weighted by atomic mass is 9.34. The predicted octanol–water partition coefficient (Wildman–Crippen LogP) is 2.20. The maximum absolute atomic E-state index is 12.9. The monoisotopic (exact) mass is 778 g/mol. The molecule has 0 bridgehead atoms. The number of hydrogen-bond acceptors (Lipinski definition) is 13. The zero-order chi connectivity index (χ0) is 40.0. The summed E-state index contributed by atoms with van der Waals surface area (Å²) in [7, 11) is 1.07. The van der Waals surface area contributed by atoms with Gasteiger partial charge in [0, 0.05) is 11.3 Å². The molecule has 0 spiro atoms. The topological polar surface area (TPSA) is 222 Å². The highest BCUT2D eigenvalue weighted by Crippen LogP contribution is 2.75. The first-order valence-electron chi connectivity index (χ1n) is 20.1. The van der Waals surface area contributed by atoms with Crippen molar-refractivity contribution in [2.75, 3.05) is 20.3 Å². The number of carbonyl (C=O) groups excluding carboxylic acids is 1. The van der Waals surface area contributed by atoms with E-state index in [-0.39, 0.29) is 47.2 Å². The molecule has 0 radical (unpaired) electrons. The zero-order valence-corrected chi connectivity index (χ0v) is 32.8. The Morgan fingerprint density at radius 1 is 0.873 bits per heavy atom. The Hall–Kier alpha value is -1.98. The summed E-state index contributed by atoms with van der Waals surface area (Å²) in [6, 6.07) is 0. The molecule has 55 heavy (non-hydrogen) atoms. The van der Waals surface area contributed by atoms with E-state index in [1.165, 1.54) is 5.57 Å². The van der Waals surface area contributed by atoms with E-state index >= 15 is 0 Å². The van der Waals surface area contributed by atoms with Gasteiger partial charge in [0.25, 0.3) is 0 Å². The zero-order valence-electron chi connectivity index (χ0n) is 32.8. The van der Waals surface area contributed by atoms with Crippen LogP contribution in [-0.2, 0) is 33.3 Å². The molecule has 18 unspecified atom stereocenters. The van der Waals surface area contributed by atoms with E-state index in [1.807, 2.05) is 6.92 Å². The second-order valence-corrected chi connectivity index (χ2v) is 18.9. The van der Waals surface area contributed by atoms with Crippen molar-refractivity contribution in [2.24, 2.45) is 44.8 Å². The van der Waals surface area contributed by atoms with E-state index in [2.05, 4.69) is 38.2 Å². The van der Waals surface area contributed by atoms with Crippen LogP contribution in [0.25, 0.3) is 0 Å². The van der Waals surface area contributed by atoms with Gasteiger partial charge in [-0.2, -0.15) is 0 Å². The van der Waals surface area contributed by atoms with Crippen molar-refractivity contribution >= 4 is 11.9 Å². The Morgan fingerprint density at radius 3 is 2.25 bits per heavy atom. The lowest BCUT2D eigenvalue weighted by molar-refractivity contribution is -0.349. The Kier molecular flexibility index (Phi) is 10.8. The van der Waals surface area contributed by atoms with Gasteiger partial charge < -0.3 is 59.4 Å². The molecule has 310 valence electrons. The Labute approximate surface area is 322 Å². The summed E-state index contributed by atoms with van der Waals surface area (Å²) in [5.74, 6) is -1.37. The summed E-state index contributed by atoms with van der Waals surface area (Å²) in [6.45, 7) is 13.1. The molecule has 7 N–H and O–H groups in total. The molecule has 2 aliphatic heterocycles. The van der Waals surface area contributed by atoms with Gasteiger partial charge in [-0.15, -0.1) is 0 Å². The van der Waals surface area contributed by atoms with E-state index in [4.69, 9.17) is 18.9 Å². The van der Waals surface area contributed by atoms with Crippen molar-refractivity contribution in [3.05, 3.63) is 23.8 Å². The van der Waals surface area contributed by atoms with Crippen molar-refractivity contribution in [3.8, 4) is 0 Å². The SMILES string of the molecule is C=C1CCC2(C(=O)O)CCC3(C)C(=CCC4C5(C)CCC(OC6OCC(OC7OC(C(=O)OC)C(O)C(O)C7O)C(O)C6O)C(C)(CO)C5CCC43C)C2C1. The van der Waals surface area contributed by atoms with Gasteiger partial charge in [0.15, 0.2) is 18.7 Å². The fourth-order valence-electron chi connectivity index (χ4n) is 13.0. The van der Waals surface area contributed by atoms with Crippen LogP contribution < -0.4 is 0 Å². The van der Waals surface area contributed by atoms with Crippen LogP contribution in [0, 0.1) is 44.8 Å². The number of fused-ring (bicyclic) bond motifs is 7. The van der Waals surface area contributed by atoms with E-state index in [0.717, 1.165) is 57.6 Å². The summed E-state index contributed by atoms with van der Waals surface area (Å²) in [5, 5.41) is 75.2. The normalized spacial score (nSPS) is 52.5. The summed E-state index contributed by atoms with van der Waals surface area (Å²) in [4.78, 5) is 25.0.